The van der Waals surface area contributed by atoms with Crippen LogP contribution in [0.3, 0.4) is 0 Å². The van der Waals surface area contributed by atoms with Crippen molar-refractivity contribution in [2.45, 2.75) is 45.9 Å². The summed E-state index contributed by atoms with van der Waals surface area (Å²) in [6.45, 7) is 8.35. The Morgan fingerprint density at radius 3 is 2.53 bits per heavy atom. The van der Waals surface area contributed by atoms with E-state index in [1.54, 1.807) is 16.8 Å². The van der Waals surface area contributed by atoms with Gasteiger partial charge in [0, 0.05) is 45.3 Å². The van der Waals surface area contributed by atoms with Gasteiger partial charge in [-0.15, -0.1) is 0 Å². The minimum Gasteiger partial charge on any atom is -0.487 e. The van der Waals surface area contributed by atoms with Crippen LogP contribution in [-0.2, 0) is 0 Å². The molecule has 0 saturated carbocycles. The molecule has 2 rings (SSSR count). The molecule has 0 aromatic heterocycles. The van der Waals surface area contributed by atoms with Crippen LogP contribution in [-0.4, -0.2) is 85.9 Å². The van der Waals surface area contributed by atoms with Gasteiger partial charge in [-0.1, -0.05) is 6.92 Å². The molecule has 8 nitrogen and oxygen atoms in total. The summed E-state index contributed by atoms with van der Waals surface area (Å²) < 4.78 is 6.29. The van der Waals surface area contributed by atoms with Crippen molar-refractivity contribution in [3.8, 4) is 5.75 Å². The van der Waals surface area contributed by atoms with E-state index in [1.165, 1.54) is 0 Å². The van der Waals surface area contributed by atoms with E-state index < -0.39 is 0 Å². The quantitative estimate of drug-likeness (QED) is 0.736. The number of hydrogen-bond acceptors (Lipinski definition) is 5. The Bertz CT molecular complexity index is 753. The van der Waals surface area contributed by atoms with Gasteiger partial charge < -0.3 is 29.9 Å². The van der Waals surface area contributed by atoms with Crippen molar-refractivity contribution in [2.24, 2.45) is 5.92 Å². The molecule has 2 N–H and O–H groups in total. The minimum absolute atomic E-state index is 0.0410. The van der Waals surface area contributed by atoms with Crippen LogP contribution in [0.1, 0.15) is 38.1 Å². The number of rotatable bonds is 6. The molecule has 0 aliphatic carbocycles. The zero-order chi connectivity index (χ0) is 22.6. The summed E-state index contributed by atoms with van der Waals surface area (Å²) in [6.07, 6.45) is -0.307. The summed E-state index contributed by atoms with van der Waals surface area (Å²) in [6, 6.07) is 5.09. The fraction of sp³-hybridized carbons (Fsp3) is 0.636. The smallest absolute Gasteiger partial charge is 0.317 e. The van der Waals surface area contributed by atoms with Crippen LogP contribution in [0, 0.1) is 5.92 Å². The third kappa shape index (κ3) is 5.56. The Kier molecular flexibility index (Phi) is 7.95. The third-order valence-corrected chi connectivity index (χ3v) is 5.38. The second-order valence-electron chi connectivity index (χ2n) is 8.68. The van der Waals surface area contributed by atoms with Crippen LogP contribution in [0.5, 0.6) is 5.75 Å². The third-order valence-electron chi connectivity index (χ3n) is 5.38. The van der Waals surface area contributed by atoms with Crippen LogP contribution < -0.4 is 15.0 Å². The van der Waals surface area contributed by atoms with Gasteiger partial charge in [0.05, 0.1) is 24.8 Å². The molecule has 1 aliphatic heterocycles. The predicted octanol–water partition coefficient (Wildman–Crippen LogP) is 2.02. The van der Waals surface area contributed by atoms with Crippen molar-refractivity contribution in [3.63, 3.8) is 0 Å². The van der Waals surface area contributed by atoms with Gasteiger partial charge in [-0.05, 0) is 39.0 Å². The Morgan fingerprint density at radius 1 is 1.30 bits per heavy atom. The number of fused-ring (bicyclic) bond motifs is 1. The lowest BCUT2D eigenvalue weighted by Gasteiger charge is -2.38. The van der Waals surface area contributed by atoms with Crippen LogP contribution >= 0.6 is 0 Å². The normalized spacial score (nSPS) is 20.0. The van der Waals surface area contributed by atoms with E-state index in [0.29, 0.717) is 24.4 Å². The molecule has 0 unspecified atom stereocenters. The zero-order valence-corrected chi connectivity index (χ0v) is 19.2. The zero-order valence-electron chi connectivity index (χ0n) is 19.2. The molecule has 8 heteroatoms. The number of amides is 3. The number of hydrogen-bond donors (Lipinski definition) is 2. The molecule has 1 aromatic rings. The highest BCUT2D eigenvalue weighted by molar-refractivity contribution is 5.98. The van der Waals surface area contributed by atoms with Gasteiger partial charge in [-0.2, -0.15) is 0 Å². The second-order valence-corrected chi connectivity index (χ2v) is 8.68. The first kappa shape index (κ1) is 23.8. The Labute approximate surface area is 179 Å². The molecule has 0 saturated heterocycles. The lowest BCUT2D eigenvalue weighted by Crippen LogP contribution is -2.51. The summed E-state index contributed by atoms with van der Waals surface area (Å²) in [5.74, 6) is 0.292. The lowest BCUT2D eigenvalue weighted by atomic mass is 9.99. The lowest BCUT2D eigenvalue weighted by molar-refractivity contribution is 0.0366. The summed E-state index contributed by atoms with van der Waals surface area (Å²) in [5.41, 5.74) is 1.36. The Balaban J connectivity index is 2.40. The maximum atomic E-state index is 13.3. The number of aliphatic hydroxyl groups is 1. The topological polar surface area (TPSA) is 85.4 Å². The van der Waals surface area contributed by atoms with Crippen molar-refractivity contribution in [3.05, 3.63) is 23.8 Å². The SMILES string of the molecule is CC(C)NC(=O)N(C)C[C@@H]1Oc2ccc(N(C)C)cc2C(=O)N([C@@H](C)CO)C[C@@H]1C. The molecule has 1 aromatic carbocycles. The molecular formula is C22H36N4O4. The highest BCUT2D eigenvalue weighted by Crippen LogP contribution is 2.31. The van der Waals surface area contributed by atoms with E-state index in [0.717, 1.165) is 5.69 Å². The van der Waals surface area contributed by atoms with E-state index in [9.17, 15) is 14.7 Å². The number of likely N-dealkylation sites (N-methyl/N-ethyl adjacent to an activating group) is 1. The molecular weight excluding hydrogens is 384 g/mol. The van der Waals surface area contributed by atoms with E-state index in [2.05, 4.69) is 5.32 Å². The van der Waals surface area contributed by atoms with Crippen molar-refractivity contribution in [1.82, 2.24) is 15.1 Å². The molecule has 0 spiro atoms. The molecule has 3 amide bonds. The first-order valence-electron chi connectivity index (χ1n) is 10.5. The highest BCUT2D eigenvalue weighted by atomic mass is 16.5. The number of carbonyl (C=O) groups excluding carboxylic acids is 2. The van der Waals surface area contributed by atoms with Crippen molar-refractivity contribution in [2.75, 3.05) is 45.7 Å². The standard InChI is InChI=1S/C22H36N4O4/c1-14(2)23-22(29)25(7)12-20-15(3)11-26(16(4)13-27)21(28)18-10-17(24(5)6)8-9-19(18)30-20/h8-10,14-16,20,27H,11-13H2,1-7H3,(H,23,29)/t15-,16-,20-/m0/s1. The van der Waals surface area contributed by atoms with E-state index in [4.69, 9.17) is 4.74 Å². The number of ether oxygens (including phenoxy) is 1. The number of benzene rings is 1. The second kappa shape index (κ2) is 10.0. The Morgan fingerprint density at radius 2 is 1.97 bits per heavy atom. The number of urea groups is 1. The number of carbonyl (C=O) groups is 2. The van der Waals surface area contributed by atoms with E-state index in [-0.39, 0.29) is 42.7 Å². The first-order chi connectivity index (χ1) is 14.0. The van der Waals surface area contributed by atoms with Gasteiger partial charge in [0.25, 0.3) is 5.91 Å². The number of aliphatic hydroxyl groups excluding tert-OH is 1. The molecule has 0 radical (unpaired) electrons. The summed E-state index contributed by atoms with van der Waals surface area (Å²) in [4.78, 5) is 30.9. The van der Waals surface area contributed by atoms with Crippen molar-refractivity contribution in [1.29, 1.82) is 0 Å². The van der Waals surface area contributed by atoms with Gasteiger partial charge in [-0.3, -0.25) is 4.79 Å². The van der Waals surface area contributed by atoms with Gasteiger partial charge in [0.1, 0.15) is 11.9 Å². The summed E-state index contributed by atoms with van der Waals surface area (Å²) in [5, 5.41) is 12.6. The number of nitrogens with one attached hydrogen (secondary N) is 1. The van der Waals surface area contributed by atoms with Crippen LogP contribution in [0.4, 0.5) is 10.5 Å². The monoisotopic (exact) mass is 420 g/mol. The van der Waals surface area contributed by atoms with E-state index in [1.807, 2.05) is 64.9 Å². The molecule has 1 aliphatic rings. The van der Waals surface area contributed by atoms with Gasteiger partial charge >= 0.3 is 6.03 Å². The first-order valence-corrected chi connectivity index (χ1v) is 10.5. The maximum absolute atomic E-state index is 13.3. The van der Waals surface area contributed by atoms with Crippen molar-refractivity contribution >= 4 is 17.6 Å². The minimum atomic E-state index is -0.323. The molecule has 1 heterocycles. The molecule has 30 heavy (non-hydrogen) atoms. The largest absolute Gasteiger partial charge is 0.487 e. The molecule has 0 fully saturated rings. The van der Waals surface area contributed by atoms with Crippen LogP contribution in [0.25, 0.3) is 0 Å². The molecule has 3 atom stereocenters. The van der Waals surface area contributed by atoms with Crippen molar-refractivity contribution < 1.29 is 19.4 Å². The predicted molar refractivity (Wildman–Crippen MR) is 118 cm³/mol. The summed E-state index contributed by atoms with van der Waals surface area (Å²) >= 11 is 0. The van der Waals surface area contributed by atoms with Gasteiger partial charge in [0.2, 0.25) is 0 Å². The average molecular weight is 421 g/mol. The number of anilines is 1. The average Bonchev–Trinajstić information content (AvgIpc) is 2.68. The molecule has 168 valence electrons. The fourth-order valence-corrected chi connectivity index (χ4v) is 3.42. The Hall–Kier alpha value is -2.48. The van der Waals surface area contributed by atoms with Crippen LogP contribution in [0.15, 0.2) is 18.2 Å². The van der Waals surface area contributed by atoms with E-state index >= 15 is 0 Å². The van der Waals surface area contributed by atoms with Gasteiger partial charge in [-0.25, -0.2) is 4.79 Å². The van der Waals surface area contributed by atoms with Gasteiger partial charge in [0.15, 0.2) is 0 Å². The number of nitrogens with zero attached hydrogens (tertiary/aromatic N) is 3. The maximum Gasteiger partial charge on any atom is 0.317 e. The highest BCUT2D eigenvalue weighted by Gasteiger charge is 2.34. The molecule has 0 bridgehead atoms. The fourth-order valence-electron chi connectivity index (χ4n) is 3.42. The summed E-state index contributed by atoms with van der Waals surface area (Å²) in [7, 11) is 5.57. The van der Waals surface area contributed by atoms with Crippen LogP contribution in [0.2, 0.25) is 0 Å².